The largest absolute Gasteiger partial charge is 0.436 e. The number of anilines is 1. The Morgan fingerprint density at radius 2 is 1.81 bits per heavy atom. The zero-order valence-corrected chi connectivity index (χ0v) is 11.7. The van der Waals surface area contributed by atoms with Crippen molar-refractivity contribution in [3.8, 4) is 22.8 Å². The van der Waals surface area contributed by atoms with Crippen LogP contribution in [0.25, 0.3) is 11.1 Å². The highest BCUT2D eigenvalue weighted by Gasteiger charge is 2.10. The summed E-state index contributed by atoms with van der Waals surface area (Å²) in [6.07, 6.45) is 3.48. The van der Waals surface area contributed by atoms with Crippen LogP contribution in [0.1, 0.15) is 5.69 Å². The summed E-state index contributed by atoms with van der Waals surface area (Å²) < 4.78 is 5.88. The second-order valence-electron chi connectivity index (χ2n) is 4.68. The maximum absolute atomic E-state index is 5.92. The fourth-order valence-corrected chi connectivity index (χ4v) is 2.08. The van der Waals surface area contributed by atoms with Gasteiger partial charge in [0.2, 0.25) is 5.88 Å². The highest BCUT2D eigenvalue weighted by molar-refractivity contribution is 5.69. The fraction of sp³-hybridized carbons (Fsp3) is 0.0588. The molecule has 0 aliphatic carbocycles. The molecule has 0 spiro atoms. The van der Waals surface area contributed by atoms with Crippen LogP contribution in [0.3, 0.4) is 0 Å². The van der Waals surface area contributed by atoms with Gasteiger partial charge in [0.25, 0.3) is 0 Å². The highest BCUT2D eigenvalue weighted by Crippen LogP contribution is 2.33. The van der Waals surface area contributed by atoms with Crippen LogP contribution in [0.4, 0.5) is 5.69 Å². The SMILES string of the molecule is Cc1cc(-c2cccnc2Oc2ccccc2N)ccn1. The lowest BCUT2D eigenvalue weighted by Crippen LogP contribution is -1.95. The lowest BCUT2D eigenvalue weighted by molar-refractivity contribution is 0.467. The average Bonchev–Trinajstić information content (AvgIpc) is 2.50. The van der Waals surface area contributed by atoms with Gasteiger partial charge in [0, 0.05) is 23.7 Å². The summed E-state index contributed by atoms with van der Waals surface area (Å²) >= 11 is 0. The number of aryl methyl sites for hydroxylation is 1. The van der Waals surface area contributed by atoms with E-state index in [0.29, 0.717) is 17.3 Å². The number of nitrogens with zero attached hydrogens (tertiary/aromatic N) is 2. The zero-order valence-electron chi connectivity index (χ0n) is 11.7. The van der Waals surface area contributed by atoms with Gasteiger partial charge in [0.1, 0.15) is 0 Å². The highest BCUT2D eigenvalue weighted by atomic mass is 16.5. The predicted octanol–water partition coefficient (Wildman–Crippen LogP) is 3.83. The number of nitrogens with two attached hydrogens (primary N) is 1. The predicted molar refractivity (Wildman–Crippen MR) is 83.1 cm³/mol. The van der Waals surface area contributed by atoms with E-state index in [4.69, 9.17) is 10.5 Å². The number of nitrogen functional groups attached to an aromatic ring is 1. The molecule has 3 rings (SSSR count). The summed E-state index contributed by atoms with van der Waals surface area (Å²) in [5, 5.41) is 0. The molecule has 21 heavy (non-hydrogen) atoms. The van der Waals surface area contributed by atoms with E-state index < -0.39 is 0 Å². The molecule has 2 heterocycles. The summed E-state index contributed by atoms with van der Waals surface area (Å²) in [4.78, 5) is 8.53. The molecule has 1 aromatic carbocycles. The molecule has 2 aromatic heterocycles. The molecule has 104 valence electrons. The normalized spacial score (nSPS) is 10.3. The number of benzene rings is 1. The van der Waals surface area contributed by atoms with Gasteiger partial charge in [-0.15, -0.1) is 0 Å². The lowest BCUT2D eigenvalue weighted by Gasteiger charge is -2.11. The molecule has 0 atom stereocenters. The standard InChI is InChI=1S/C17H15N3O/c1-12-11-13(8-10-19-12)14-5-4-9-20-17(14)21-16-7-3-2-6-15(16)18/h2-11H,18H2,1H3. The Balaban J connectivity index is 2.03. The van der Waals surface area contributed by atoms with Gasteiger partial charge in [-0.25, -0.2) is 4.98 Å². The first-order valence-corrected chi connectivity index (χ1v) is 6.64. The third-order valence-corrected chi connectivity index (χ3v) is 3.10. The van der Waals surface area contributed by atoms with E-state index in [1.54, 1.807) is 18.5 Å². The van der Waals surface area contributed by atoms with Crippen LogP contribution in [-0.2, 0) is 0 Å². The molecule has 0 aliphatic heterocycles. The average molecular weight is 277 g/mol. The van der Waals surface area contributed by atoms with Gasteiger partial charge >= 0.3 is 0 Å². The minimum absolute atomic E-state index is 0.529. The Morgan fingerprint density at radius 3 is 2.62 bits per heavy atom. The second-order valence-corrected chi connectivity index (χ2v) is 4.68. The van der Waals surface area contributed by atoms with E-state index in [1.165, 1.54) is 0 Å². The summed E-state index contributed by atoms with van der Waals surface area (Å²) in [6, 6.07) is 15.2. The maximum Gasteiger partial charge on any atom is 0.227 e. The quantitative estimate of drug-likeness (QED) is 0.739. The van der Waals surface area contributed by atoms with E-state index in [-0.39, 0.29) is 0 Å². The molecule has 4 nitrogen and oxygen atoms in total. The first-order chi connectivity index (χ1) is 10.2. The molecule has 0 aliphatic rings. The van der Waals surface area contributed by atoms with Crippen molar-refractivity contribution >= 4 is 5.69 Å². The Bertz CT molecular complexity index is 771. The van der Waals surface area contributed by atoms with E-state index in [1.807, 2.05) is 49.4 Å². The van der Waals surface area contributed by atoms with E-state index in [2.05, 4.69) is 9.97 Å². The van der Waals surface area contributed by atoms with Gasteiger partial charge in [-0.1, -0.05) is 12.1 Å². The van der Waals surface area contributed by atoms with Crippen LogP contribution in [0.2, 0.25) is 0 Å². The molecule has 3 aromatic rings. The van der Waals surface area contributed by atoms with E-state index in [0.717, 1.165) is 16.8 Å². The number of pyridine rings is 2. The van der Waals surface area contributed by atoms with Gasteiger partial charge in [0.15, 0.2) is 5.75 Å². The van der Waals surface area contributed by atoms with Crippen molar-refractivity contribution in [1.29, 1.82) is 0 Å². The monoisotopic (exact) mass is 277 g/mol. The second kappa shape index (κ2) is 5.63. The number of hydrogen-bond acceptors (Lipinski definition) is 4. The third kappa shape index (κ3) is 2.84. The van der Waals surface area contributed by atoms with Crippen molar-refractivity contribution in [2.75, 3.05) is 5.73 Å². The molecule has 0 unspecified atom stereocenters. The Hall–Kier alpha value is -2.88. The number of aromatic nitrogens is 2. The van der Waals surface area contributed by atoms with Crippen LogP contribution < -0.4 is 10.5 Å². The first kappa shape index (κ1) is 13.1. The molecule has 0 bridgehead atoms. The smallest absolute Gasteiger partial charge is 0.227 e. The number of ether oxygens (including phenoxy) is 1. The molecular formula is C17H15N3O. The maximum atomic E-state index is 5.92. The van der Waals surface area contributed by atoms with Crippen molar-refractivity contribution < 1.29 is 4.74 Å². The fourth-order valence-electron chi connectivity index (χ4n) is 2.08. The molecule has 2 N–H and O–H groups in total. The van der Waals surface area contributed by atoms with Crippen LogP contribution in [0.15, 0.2) is 60.9 Å². The summed E-state index contributed by atoms with van der Waals surface area (Å²) in [5.41, 5.74) is 9.37. The van der Waals surface area contributed by atoms with Gasteiger partial charge < -0.3 is 10.5 Å². The molecule has 0 fully saturated rings. The molecule has 0 saturated carbocycles. The Kier molecular flexibility index (Phi) is 3.51. The summed E-state index contributed by atoms with van der Waals surface area (Å²) in [7, 11) is 0. The van der Waals surface area contributed by atoms with Crippen molar-refractivity contribution in [3.63, 3.8) is 0 Å². The Morgan fingerprint density at radius 1 is 0.952 bits per heavy atom. The summed E-state index contributed by atoms with van der Waals surface area (Å²) in [5.74, 6) is 1.13. The molecule has 0 amide bonds. The van der Waals surface area contributed by atoms with Crippen LogP contribution in [0.5, 0.6) is 11.6 Å². The molecule has 0 radical (unpaired) electrons. The molecule has 4 heteroatoms. The number of hydrogen-bond donors (Lipinski definition) is 1. The first-order valence-electron chi connectivity index (χ1n) is 6.64. The number of rotatable bonds is 3. The van der Waals surface area contributed by atoms with Gasteiger partial charge in [0.05, 0.1) is 5.69 Å². The minimum Gasteiger partial charge on any atom is -0.436 e. The van der Waals surface area contributed by atoms with Crippen molar-refractivity contribution in [1.82, 2.24) is 9.97 Å². The number of para-hydroxylation sites is 2. The summed E-state index contributed by atoms with van der Waals surface area (Å²) in [6.45, 7) is 1.95. The molecular weight excluding hydrogens is 262 g/mol. The van der Waals surface area contributed by atoms with E-state index in [9.17, 15) is 0 Å². The minimum atomic E-state index is 0.529. The topological polar surface area (TPSA) is 61.0 Å². The Labute approximate surface area is 123 Å². The van der Waals surface area contributed by atoms with Gasteiger partial charge in [-0.2, -0.15) is 0 Å². The van der Waals surface area contributed by atoms with Crippen LogP contribution in [-0.4, -0.2) is 9.97 Å². The van der Waals surface area contributed by atoms with E-state index >= 15 is 0 Å². The van der Waals surface area contributed by atoms with Crippen molar-refractivity contribution in [3.05, 3.63) is 66.6 Å². The van der Waals surface area contributed by atoms with Crippen molar-refractivity contribution in [2.45, 2.75) is 6.92 Å². The third-order valence-electron chi connectivity index (χ3n) is 3.10. The van der Waals surface area contributed by atoms with Crippen LogP contribution in [0, 0.1) is 6.92 Å². The zero-order chi connectivity index (χ0) is 14.7. The van der Waals surface area contributed by atoms with Crippen molar-refractivity contribution in [2.24, 2.45) is 0 Å². The van der Waals surface area contributed by atoms with Gasteiger partial charge in [-0.05, 0) is 48.9 Å². The lowest BCUT2D eigenvalue weighted by atomic mass is 10.1. The van der Waals surface area contributed by atoms with Crippen LogP contribution >= 0.6 is 0 Å². The van der Waals surface area contributed by atoms with Gasteiger partial charge in [-0.3, -0.25) is 4.98 Å². The molecule has 0 saturated heterocycles.